The molecule has 2 saturated carbocycles. The molecule has 1 aromatic heterocycles. The summed E-state index contributed by atoms with van der Waals surface area (Å²) in [4.78, 5) is 26.8. The number of urea groups is 1. The predicted molar refractivity (Wildman–Crippen MR) is 110 cm³/mol. The Hall–Kier alpha value is -2.68. The van der Waals surface area contributed by atoms with Crippen LogP contribution in [0.5, 0.6) is 0 Å². The molecule has 10 heteroatoms. The Morgan fingerprint density at radius 2 is 1.94 bits per heavy atom. The van der Waals surface area contributed by atoms with Gasteiger partial charge in [0.05, 0.1) is 29.4 Å². The topological polar surface area (TPSA) is 93.2 Å². The molecule has 3 amide bonds. The molecule has 1 aromatic carbocycles. The number of alkyl halides is 1. The summed E-state index contributed by atoms with van der Waals surface area (Å²) < 4.78 is 29.7. The molecular formula is C21H22ClF2N5O2. The van der Waals surface area contributed by atoms with Crippen molar-refractivity contribution in [2.45, 2.75) is 56.4 Å². The number of hydrogen-bond acceptors (Lipinski definition) is 3. The van der Waals surface area contributed by atoms with E-state index in [-0.39, 0.29) is 23.2 Å². The molecule has 2 heterocycles. The van der Waals surface area contributed by atoms with Crippen LogP contribution in [-0.2, 0) is 13.1 Å². The maximum Gasteiger partial charge on any atom is 0.318 e. The minimum Gasteiger partial charge on any atom is -0.365 e. The monoisotopic (exact) mass is 449 g/mol. The average molecular weight is 450 g/mol. The Morgan fingerprint density at radius 3 is 2.55 bits per heavy atom. The first-order valence-corrected chi connectivity index (χ1v) is 10.7. The molecule has 164 valence electrons. The lowest BCUT2D eigenvalue weighted by atomic mass is 9.93. The van der Waals surface area contributed by atoms with Gasteiger partial charge in [0.1, 0.15) is 17.2 Å². The van der Waals surface area contributed by atoms with E-state index < -0.39 is 22.9 Å². The Bertz CT molecular complexity index is 1090. The molecule has 2 aromatic rings. The SMILES string of the molecule is NC(=O)c1c(-c2ccc(F)c(Cl)c2)nn2c1CN(C(=O)NC13CCC(F)(CC1)C3)CC2. The largest absolute Gasteiger partial charge is 0.365 e. The lowest BCUT2D eigenvalue weighted by Crippen LogP contribution is -2.52. The zero-order chi connectivity index (χ0) is 22.0. The van der Waals surface area contributed by atoms with Gasteiger partial charge in [0.2, 0.25) is 0 Å². The minimum atomic E-state index is -1.15. The molecule has 0 saturated heterocycles. The van der Waals surface area contributed by atoms with Crippen LogP contribution in [0, 0.1) is 5.82 Å². The molecule has 1 aliphatic heterocycles. The second-order valence-electron chi connectivity index (χ2n) is 8.85. The molecule has 0 spiro atoms. The fourth-order valence-electron chi connectivity index (χ4n) is 5.21. The molecule has 0 unspecified atom stereocenters. The van der Waals surface area contributed by atoms with Crippen molar-refractivity contribution in [3.05, 3.63) is 40.3 Å². The molecular weight excluding hydrogens is 428 g/mol. The number of amides is 3. The van der Waals surface area contributed by atoms with Crippen molar-refractivity contribution >= 4 is 23.5 Å². The van der Waals surface area contributed by atoms with Crippen molar-refractivity contribution in [1.29, 1.82) is 0 Å². The lowest BCUT2D eigenvalue weighted by molar-refractivity contribution is 0.0997. The Balaban J connectivity index is 1.42. The van der Waals surface area contributed by atoms with Gasteiger partial charge >= 0.3 is 6.03 Å². The number of nitrogens with one attached hydrogen (secondary N) is 1. The second-order valence-corrected chi connectivity index (χ2v) is 9.25. The van der Waals surface area contributed by atoms with Crippen molar-refractivity contribution in [3.8, 4) is 11.3 Å². The molecule has 3 aliphatic rings. The summed E-state index contributed by atoms with van der Waals surface area (Å²) in [6.45, 7) is 0.903. The van der Waals surface area contributed by atoms with Gasteiger partial charge in [0.25, 0.3) is 5.91 Å². The molecule has 0 atom stereocenters. The maximum absolute atomic E-state index is 14.5. The van der Waals surface area contributed by atoms with Gasteiger partial charge in [-0.25, -0.2) is 13.6 Å². The lowest BCUT2D eigenvalue weighted by Gasteiger charge is -2.34. The van der Waals surface area contributed by atoms with Crippen LogP contribution in [-0.4, -0.2) is 44.4 Å². The molecule has 31 heavy (non-hydrogen) atoms. The van der Waals surface area contributed by atoms with E-state index in [9.17, 15) is 18.4 Å². The van der Waals surface area contributed by atoms with Crippen LogP contribution in [0.3, 0.4) is 0 Å². The molecule has 5 rings (SSSR count). The van der Waals surface area contributed by atoms with Crippen molar-refractivity contribution < 1.29 is 18.4 Å². The zero-order valence-corrected chi connectivity index (χ0v) is 17.5. The highest BCUT2D eigenvalue weighted by Gasteiger charge is 2.55. The first-order valence-electron chi connectivity index (χ1n) is 10.3. The first-order chi connectivity index (χ1) is 14.7. The Labute approximate surface area is 182 Å². The van der Waals surface area contributed by atoms with Crippen molar-refractivity contribution in [1.82, 2.24) is 20.0 Å². The normalized spacial score (nSPS) is 26.7. The first kappa shape index (κ1) is 20.2. The fourth-order valence-corrected chi connectivity index (χ4v) is 5.39. The number of carbonyl (C=O) groups excluding carboxylic acids is 2. The number of aromatic nitrogens is 2. The third kappa shape index (κ3) is 3.35. The molecule has 2 fully saturated rings. The van der Waals surface area contributed by atoms with Crippen molar-refractivity contribution in [3.63, 3.8) is 0 Å². The van der Waals surface area contributed by atoms with Crippen LogP contribution < -0.4 is 11.1 Å². The second kappa shape index (κ2) is 6.91. The fraction of sp³-hybridized carbons (Fsp3) is 0.476. The van der Waals surface area contributed by atoms with Gasteiger partial charge in [0.15, 0.2) is 0 Å². The number of benzene rings is 1. The molecule has 7 nitrogen and oxygen atoms in total. The summed E-state index contributed by atoms with van der Waals surface area (Å²) in [5, 5.41) is 7.45. The summed E-state index contributed by atoms with van der Waals surface area (Å²) in [5.74, 6) is -1.26. The zero-order valence-electron chi connectivity index (χ0n) is 16.8. The highest BCUT2D eigenvalue weighted by molar-refractivity contribution is 6.31. The van der Waals surface area contributed by atoms with Crippen LogP contribution in [0.2, 0.25) is 5.02 Å². The van der Waals surface area contributed by atoms with Gasteiger partial charge in [-0.15, -0.1) is 0 Å². The summed E-state index contributed by atoms with van der Waals surface area (Å²) in [5.41, 5.74) is 5.48. The van der Waals surface area contributed by atoms with E-state index >= 15 is 0 Å². The Morgan fingerprint density at radius 1 is 1.19 bits per heavy atom. The minimum absolute atomic E-state index is 0.0868. The van der Waals surface area contributed by atoms with E-state index in [1.165, 1.54) is 18.2 Å². The summed E-state index contributed by atoms with van der Waals surface area (Å²) in [6, 6.07) is 3.80. The van der Waals surface area contributed by atoms with Crippen LogP contribution in [0.15, 0.2) is 18.2 Å². The van der Waals surface area contributed by atoms with E-state index in [0.29, 0.717) is 62.1 Å². The summed E-state index contributed by atoms with van der Waals surface area (Å²) >= 11 is 5.89. The highest BCUT2D eigenvalue weighted by atomic mass is 35.5. The van der Waals surface area contributed by atoms with Crippen LogP contribution in [0.25, 0.3) is 11.3 Å². The number of nitrogens with two attached hydrogens (primary N) is 1. The smallest absolute Gasteiger partial charge is 0.318 e. The third-order valence-corrected chi connectivity index (χ3v) is 7.13. The molecule has 2 aliphatic carbocycles. The van der Waals surface area contributed by atoms with E-state index in [4.69, 9.17) is 17.3 Å². The predicted octanol–water partition coefficient (Wildman–Crippen LogP) is 3.39. The molecule has 3 N–H and O–H groups in total. The number of rotatable bonds is 3. The number of carbonyl (C=O) groups is 2. The standard InChI is InChI=1S/C21H22ClF2N5O2/c22-13-9-12(1-2-14(13)23)17-16(18(25)30)15-10-28(7-8-29(15)27-17)19(31)26-21-5-3-20(24,11-21)4-6-21/h1-2,9H,3-8,10-11H2,(H2,25,30)(H,26,31). The number of hydrogen-bond donors (Lipinski definition) is 2. The van der Waals surface area contributed by atoms with Gasteiger partial charge in [0, 0.05) is 24.1 Å². The van der Waals surface area contributed by atoms with Crippen molar-refractivity contribution in [2.24, 2.45) is 5.73 Å². The van der Waals surface area contributed by atoms with Gasteiger partial charge in [-0.1, -0.05) is 11.6 Å². The van der Waals surface area contributed by atoms with E-state index in [1.54, 1.807) is 9.58 Å². The van der Waals surface area contributed by atoms with E-state index in [2.05, 4.69) is 10.4 Å². The summed E-state index contributed by atoms with van der Waals surface area (Å²) in [6.07, 6.45) is 2.61. The average Bonchev–Trinajstić information content (AvgIpc) is 3.37. The number of nitrogens with zero attached hydrogens (tertiary/aromatic N) is 3. The Kier molecular flexibility index (Phi) is 4.51. The van der Waals surface area contributed by atoms with E-state index in [1.807, 2.05) is 0 Å². The van der Waals surface area contributed by atoms with Crippen LogP contribution in [0.1, 0.15) is 48.2 Å². The highest BCUT2D eigenvalue weighted by Crippen LogP contribution is 2.52. The van der Waals surface area contributed by atoms with Gasteiger partial charge in [-0.05, 0) is 43.9 Å². The van der Waals surface area contributed by atoms with Crippen molar-refractivity contribution in [2.75, 3.05) is 6.54 Å². The summed E-state index contributed by atoms with van der Waals surface area (Å²) in [7, 11) is 0. The van der Waals surface area contributed by atoms with Crippen LogP contribution >= 0.6 is 11.6 Å². The molecule has 0 radical (unpaired) electrons. The maximum atomic E-state index is 14.5. The van der Waals surface area contributed by atoms with Gasteiger partial charge < -0.3 is 16.0 Å². The number of fused-ring (bicyclic) bond motifs is 3. The van der Waals surface area contributed by atoms with Crippen LogP contribution in [0.4, 0.5) is 13.6 Å². The van der Waals surface area contributed by atoms with E-state index in [0.717, 1.165) is 0 Å². The molecule has 2 bridgehead atoms. The third-order valence-electron chi connectivity index (χ3n) is 6.84. The van der Waals surface area contributed by atoms with Gasteiger partial charge in [-0.2, -0.15) is 5.10 Å². The quantitative estimate of drug-likeness (QED) is 0.752. The number of primary amides is 1. The van der Waals surface area contributed by atoms with Gasteiger partial charge in [-0.3, -0.25) is 9.48 Å². The number of halogens is 3.